The molecular formula is C11H21N. The number of rotatable bonds is 1. The average molecular weight is 167 g/mol. The summed E-state index contributed by atoms with van der Waals surface area (Å²) in [7, 11) is 0. The summed E-state index contributed by atoms with van der Waals surface area (Å²) in [5, 5.41) is 0. The van der Waals surface area contributed by atoms with E-state index in [0.29, 0.717) is 11.5 Å². The van der Waals surface area contributed by atoms with Gasteiger partial charge in [-0.05, 0) is 49.9 Å². The fourth-order valence-corrected chi connectivity index (χ4v) is 3.17. The molecule has 0 aromatic heterocycles. The molecule has 0 aromatic carbocycles. The highest BCUT2D eigenvalue weighted by Crippen LogP contribution is 2.49. The summed E-state index contributed by atoms with van der Waals surface area (Å²) >= 11 is 0. The highest BCUT2D eigenvalue weighted by Gasteiger charge is 2.39. The van der Waals surface area contributed by atoms with Crippen molar-refractivity contribution in [1.82, 2.24) is 0 Å². The molecule has 12 heavy (non-hydrogen) atoms. The van der Waals surface area contributed by atoms with E-state index in [1.54, 1.807) is 0 Å². The smallest absolute Gasteiger partial charge is 0.00673 e. The van der Waals surface area contributed by atoms with Crippen LogP contribution in [0, 0.1) is 11.3 Å². The minimum Gasteiger partial charge on any atom is -0.327 e. The molecule has 1 heteroatoms. The summed E-state index contributed by atoms with van der Waals surface area (Å²) in [5.41, 5.74) is 6.84. The summed E-state index contributed by atoms with van der Waals surface area (Å²) in [4.78, 5) is 0. The monoisotopic (exact) mass is 167 g/mol. The molecule has 2 bridgehead atoms. The van der Waals surface area contributed by atoms with Crippen molar-refractivity contribution in [2.75, 3.05) is 0 Å². The van der Waals surface area contributed by atoms with Gasteiger partial charge in [0.15, 0.2) is 0 Å². The van der Waals surface area contributed by atoms with Gasteiger partial charge in [-0.2, -0.15) is 0 Å². The van der Waals surface area contributed by atoms with Gasteiger partial charge in [-0.25, -0.2) is 0 Å². The molecule has 0 saturated heterocycles. The third kappa shape index (κ3) is 1.28. The molecule has 3 aliphatic rings. The van der Waals surface area contributed by atoms with Crippen molar-refractivity contribution in [2.45, 2.75) is 57.9 Å². The van der Waals surface area contributed by atoms with Crippen molar-refractivity contribution in [3.8, 4) is 0 Å². The maximum absolute atomic E-state index is 6.13. The van der Waals surface area contributed by atoms with E-state index >= 15 is 0 Å². The second-order valence-corrected chi connectivity index (χ2v) is 4.89. The van der Waals surface area contributed by atoms with Crippen molar-refractivity contribution in [3.63, 3.8) is 0 Å². The topological polar surface area (TPSA) is 26.0 Å². The molecule has 0 spiro atoms. The molecule has 3 aliphatic carbocycles. The lowest BCUT2D eigenvalue weighted by molar-refractivity contribution is 0.161. The van der Waals surface area contributed by atoms with Gasteiger partial charge >= 0.3 is 0 Å². The highest BCUT2D eigenvalue weighted by molar-refractivity contribution is 4.93. The SMILES string of the molecule is CCC12CCC(N)C(CC1)CC2. The van der Waals surface area contributed by atoms with Crippen LogP contribution in [0.4, 0.5) is 0 Å². The van der Waals surface area contributed by atoms with Crippen LogP contribution >= 0.6 is 0 Å². The third-order valence-corrected chi connectivity index (χ3v) is 4.45. The zero-order chi connectivity index (χ0) is 8.60. The number of nitrogens with two attached hydrogens (primary N) is 1. The van der Waals surface area contributed by atoms with Crippen LogP contribution in [-0.4, -0.2) is 6.04 Å². The summed E-state index contributed by atoms with van der Waals surface area (Å²) in [5.74, 6) is 0.868. The van der Waals surface area contributed by atoms with E-state index in [1.807, 2.05) is 0 Å². The van der Waals surface area contributed by atoms with E-state index in [1.165, 1.54) is 44.9 Å². The number of fused-ring (bicyclic) bond motifs is 4. The van der Waals surface area contributed by atoms with E-state index in [2.05, 4.69) is 6.92 Å². The van der Waals surface area contributed by atoms with Gasteiger partial charge in [-0.3, -0.25) is 0 Å². The first kappa shape index (κ1) is 8.55. The largest absolute Gasteiger partial charge is 0.327 e. The molecule has 70 valence electrons. The van der Waals surface area contributed by atoms with Gasteiger partial charge in [-0.1, -0.05) is 13.3 Å². The zero-order valence-corrected chi connectivity index (χ0v) is 8.18. The van der Waals surface area contributed by atoms with Crippen molar-refractivity contribution < 1.29 is 0 Å². The van der Waals surface area contributed by atoms with E-state index < -0.39 is 0 Å². The first-order valence-electron chi connectivity index (χ1n) is 5.51. The molecule has 0 amide bonds. The Kier molecular flexibility index (Phi) is 2.16. The van der Waals surface area contributed by atoms with E-state index in [4.69, 9.17) is 5.73 Å². The second-order valence-electron chi connectivity index (χ2n) is 4.89. The van der Waals surface area contributed by atoms with Crippen LogP contribution in [-0.2, 0) is 0 Å². The summed E-state index contributed by atoms with van der Waals surface area (Å²) < 4.78 is 0. The molecule has 0 aromatic rings. The van der Waals surface area contributed by atoms with Crippen molar-refractivity contribution >= 4 is 0 Å². The Bertz CT molecular complexity index is 156. The van der Waals surface area contributed by atoms with E-state index in [0.717, 1.165) is 5.92 Å². The van der Waals surface area contributed by atoms with Crippen LogP contribution in [0.5, 0.6) is 0 Å². The molecule has 0 radical (unpaired) electrons. The first-order valence-corrected chi connectivity index (χ1v) is 5.51. The predicted octanol–water partition coefficient (Wildman–Crippen LogP) is 2.69. The second kappa shape index (κ2) is 3.02. The molecule has 3 rings (SSSR count). The van der Waals surface area contributed by atoms with Crippen LogP contribution in [0.25, 0.3) is 0 Å². The Labute approximate surface area is 75.7 Å². The molecular weight excluding hydrogens is 146 g/mol. The summed E-state index contributed by atoms with van der Waals surface area (Å²) in [6, 6.07) is 0.529. The lowest BCUT2D eigenvalue weighted by Gasteiger charge is -2.36. The highest BCUT2D eigenvalue weighted by atomic mass is 14.7. The third-order valence-electron chi connectivity index (χ3n) is 4.45. The Morgan fingerprint density at radius 1 is 1.17 bits per heavy atom. The molecule has 1 atom stereocenters. The van der Waals surface area contributed by atoms with Gasteiger partial charge in [0.1, 0.15) is 0 Å². The van der Waals surface area contributed by atoms with Crippen molar-refractivity contribution in [3.05, 3.63) is 0 Å². The van der Waals surface area contributed by atoms with Crippen LogP contribution < -0.4 is 5.73 Å². The Balaban J connectivity index is 2.12. The molecule has 3 fully saturated rings. The lowest BCUT2D eigenvalue weighted by Crippen LogP contribution is -2.30. The summed E-state index contributed by atoms with van der Waals surface area (Å²) in [6.45, 7) is 2.36. The van der Waals surface area contributed by atoms with E-state index in [-0.39, 0.29) is 0 Å². The fourth-order valence-electron chi connectivity index (χ4n) is 3.17. The standard InChI is InChI=1S/C11H21N/c1-2-11-6-3-9(4-7-11)10(12)5-8-11/h9-10H,2-8,12H2,1H3. The van der Waals surface area contributed by atoms with Crippen LogP contribution in [0.15, 0.2) is 0 Å². The average Bonchev–Trinajstić information content (AvgIpc) is 2.38. The molecule has 3 saturated carbocycles. The van der Waals surface area contributed by atoms with Crippen molar-refractivity contribution in [2.24, 2.45) is 17.1 Å². The van der Waals surface area contributed by atoms with Gasteiger partial charge < -0.3 is 5.73 Å². The van der Waals surface area contributed by atoms with Gasteiger partial charge in [0.2, 0.25) is 0 Å². The molecule has 0 aliphatic heterocycles. The van der Waals surface area contributed by atoms with Crippen LogP contribution in [0.3, 0.4) is 0 Å². The fraction of sp³-hybridized carbons (Fsp3) is 1.00. The van der Waals surface area contributed by atoms with Crippen molar-refractivity contribution in [1.29, 1.82) is 0 Å². The van der Waals surface area contributed by atoms with Gasteiger partial charge in [0, 0.05) is 6.04 Å². The van der Waals surface area contributed by atoms with Gasteiger partial charge in [-0.15, -0.1) is 0 Å². The van der Waals surface area contributed by atoms with E-state index in [9.17, 15) is 0 Å². The number of hydrogen-bond acceptors (Lipinski definition) is 1. The zero-order valence-electron chi connectivity index (χ0n) is 8.18. The minimum atomic E-state index is 0.529. The molecule has 1 unspecified atom stereocenters. The number of hydrogen-bond donors (Lipinski definition) is 1. The maximum Gasteiger partial charge on any atom is 0.00673 e. The first-order chi connectivity index (χ1) is 5.76. The Morgan fingerprint density at radius 2 is 1.75 bits per heavy atom. The maximum atomic E-state index is 6.13. The predicted molar refractivity (Wildman–Crippen MR) is 51.9 cm³/mol. The molecule has 2 N–H and O–H groups in total. The normalized spacial score (nSPS) is 47.5. The van der Waals surface area contributed by atoms with Gasteiger partial charge in [0.05, 0.1) is 0 Å². The van der Waals surface area contributed by atoms with Crippen LogP contribution in [0.1, 0.15) is 51.9 Å². The van der Waals surface area contributed by atoms with Crippen LogP contribution in [0.2, 0.25) is 0 Å². The quantitative estimate of drug-likeness (QED) is 0.638. The lowest BCUT2D eigenvalue weighted by atomic mass is 9.70. The molecule has 1 nitrogen and oxygen atoms in total. The van der Waals surface area contributed by atoms with Gasteiger partial charge in [0.25, 0.3) is 0 Å². The summed E-state index contributed by atoms with van der Waals surface area (Å²) in [6.07, 6.45) is 9.82. The molecule has 0 heterocycles. The minimum absolute atomic E-state index is 0.529. The Hall–Kier alpha value is -0.0400. The Morgan fingerprint density at radius 3 is 2.33 bits per heavy atom.